The minimum Gasteiger partial charge on any atom is -0.437 e. The highest BCUT2D eigenvalue weighted by molar-refractivity contribution is 7.87. The Morgan fingerprint density at radius 3 is 2.31 bits per heavy atom. The Kier molecular flexibility index (Phi) is 6.97. The average Bonchev–Trinajstić information content (AvgIpc) is 3.22. The van der Waals surface area contributed by atoms with Crippen LogP contribution in [-0.2, 0) is 40.0 Å². The Hall–Kier alpha value is -3.21. The third-order valence-electron chi connectivity index (χ3n) is 5.12. The number of benzene rings is 2. The molecule has 1 amide bonds. The fourth-order valence-electron chi connectivity index (χ4n) is 3.52. The minimum absolute atomic E-state index is 0.0522. The van der Waals surface area contributed by atoms with Gasteiger partial charge in [0.05, 0.1) is 13.0 Å². The van der Waals surface area contributed by atoms with Crippen molar-refractivity contribution in [2.24, 2.45) is 5.73 Å². The summed E-state index contributed by atoms with van der Waals surface area (Å²) in [6, 6.07) is 16.2. The van der Waals surface area contributed by atoms with E-state index in [-0.39, 0.29) is 25.3 Å². The number of primary amides is 1. The molecule has 3 rings (SSSR count). The average molecular weight is 459 g/mol. The zero-order valence-electron chi connectivity index (χ0n) is 17.9. The first kappa shape index (κ1) is 23.5. The van der Waals surface area contributed by atoms with E-state index in [1.807, 2.05) is 30.3 Å². The van der Waals surface area contributed by atoms with Crippen LogP contribution in [0, 0.1) is 0 Å². The van der Waals surface area contributed by atoms with Crippen LogP contribution in [0.4, 0.5) is 4.79 Å². The summed E-state index contributed by atoms with van der Waals surface area (Å²) in [6.45, 7) is -0.145. The third kappa shape index (κ3) is 4.98. The zero-order chi connectivity index (χ0) is 23.4. The molecule has 0 aliphatic rings. The third-order valence-corrected chi connectivity index (χ3v) is 6.88. The number of rotatable bonds is 9. The monoisotopic (exact) mass is 458 g/mol. The van der Waals surface area contributed by atoms with Crippen LogP contribution in [0.2, 0.25) is 0 Å². The van der Waals surface area contributed by atoms with E-state index in [4.69, 9.17) is 10.5 Å². The smallest absolute Gasteiger partial charge is 0.405 e. The SMILES string of the molecule is CN(C)S(=O)(=O)n1ccnc1CC(Cc1ccccc1)(OC(N)=O)c1ccc(CO)cc1. The summed E-state index contributed by atoms with van der Waals surface area (Å²) >= 11 is 0. The van der Waals surface area contributed by atoms with Gasteiger partial charge in [-0.15, -0.1) is 0 Å². The van der Waals surface area contributed by atoms with Crippen molar-refractivity contribution in [2.45, 2.75) is 25.0 Å². The van der Waals surface area contributed by atoms with Gasteiger partial charge in [-0.1, -0.05) is 54.6 Å². The van der Waals surface area contributed by atoms with Crippen LogP contribution < -0.4 is 5.73 Å². The van der Waals surface area contributed by atoms with Crippen molar-refractivity contribution in [3.05, 3.63) is 89.5 Å². The number of carbonyl (C=O) groups is 1. The molecule has 0 saturated carbocycles. The highest BCUT2D eigenvalue weighted by Crippen LogP contribution is 2.34. The molecule has 9 nitrogen and oxygen atoms in total. The lowest BCUT2D eigenvalue weighted by molar-refractivity contribution is 0.0112. The second-order valence-corrected chi connectivity index (χ2v) is 9.56. The minimum atomic E-state index is -3.85. The number of aliphatic hydroxyl groups excluding tert-OH is 1. The van der Waals surface area contributed by atoms with E-state index < -0.39 is 21.9 Å². The number of hydrogen-bond donors (Lipinski definition) is 2. The van der Waals surface area contributed by atoms with Crippen LogP contribution in [0.3, 0.4) is 0 Å². The van der Waals surface area contributed by atoms with E-state index in [1.165, 1.54) is 26.5 Å². The lowest BCUT2D eigenvalue weighted by Crippen LogP contribution is -2.40. The summed E-state index contributed by atoms with van der Waals surface area (Å²) in [5.41, 5.74) is 6.26. The summed E-state index contributed by atoms with van der Waals surface area (Å²) in [5, 5.41) is 9.41. The topological polar surface area (TPSA) is 128 Å². The maximum Gasteiger partial charge on any atom is 0.405 e. The quantitative estimate of drug-likeness (QED) is 0.503. The summed E-state index contributed by atoms with van der Waals surface area (Å²) in [4.78, 5) is 16.3. The number of nitrogens with zero attached hydrogens (tertiary/aromatic N) is 3. The molecule has 32 heavy (non-hydrogen) atoms. The van der Waals surface area contributed by atoms with Gasteiger partial charge in [0.2, 0.25) is 0 Å². The molecule has 170 valence electrons. The lowest BCUT2D eigenvalue weighted by atomic mass is 9.83. The van der Waals surface area contributed by atoms with Crippen molar-refractivity contribution >= 4 is 16.3 Å². The molecule has 0 bridgehead atoms. The number of nitrogens with two attached hydrogens (primary N) is 1. The fraction of sp³-hybridized carbons (Fsp3) is 0.273. The molecule has 0 saturated heterocycles. The van der Waals surface area contributed by atoms with Crippen LogP contribution in [0.15, 0.2) is 67.0 Å². The number of ether oxygens (including phenoxy) is 1. The molecule has 1 atom stereocenters. The van der Waals surface area contributed by atoms with Crippen molar-refractivity contribution < 1.29 is 23.1 Å². The first-order chi connectivity index (χ1) is 15.2. The summed E-state index contributed by atoms with van der Waals surface area (Å²) < 4.78 is 33.4. The molecule has 3 N–H and O–H groups in total. The molecule has 2 aromatic carbocycles. The standard InChI is InChI=1S/C22H26N4O5S/c1-25(2)32(29,30)26-13-12-24-20(26)15-22(31-21(23)28,14-17-6-4-3-5-7-17)19-10-8-18(16-27)9-11-19/h3-13,27H,14-16H2,1-2H3,(H2,23,28). The molecule has 0 fully saturated rings. The molecular formula is C22H26N4O5S. The van der Waals surface area contributed by atoms with Crippen molar-refractivity contribution in [1.82, 2.24) is 13.3 Å². The highest BCUT2D eigenvalue weighted by atomic mass is 32.2. The van der Waals surface area contributed by atoms with Gasteiger partial charge in [0, 0.05) is 32.9 Å². The van der Waals surface area contributed by atoms with E-state index in [2.05, 4.69) is 4.98 Å². The first-order valence-corrected chi connectivity index (χ1v) is 11.3. The first-order valence-electron chi connectivity index (χ1n) is 9.86. The van der Waals surface area contributed by atoms with Gasteiger partial charge in [-0.25, -0.2) is 13.8 Å². The van der Waals surface area contributed by atoms with E-state index in [9.17, 15) is 18.3 Å². The van der Waals surface area contributed by atoms with E-state index in [0.29, 0.717) is 11.1 Å². The highest BCUT2D eigenvalue weighted by Gasteiger charge is 2.39. The van der Waals surface area contributed by atoms with Gasteiger partial charge in [0.15, 0.2) is 0 Å². The van der Waals surface area contributed by atoms with Crippen LogP contribution in [0.5, 0.6) is 0 Å². The molecular weight excluding hydrogens is 432 g/mol. The van der Waals surface area contributed by atoms with Gasteiger partial charge in [0.1, 0.15) is 11.4 Å². The Balaban J connectivity index is 2.17. The predicted molar refractivity (Wildman–Crippen MR) is 119 cm³/mol. The molecule has 0 radical (unpaired) electrons. The Morgan fingerprint density at radius 2 is 1.75 bits per heavy atom. The van der Waals surface area contributed by atoms with E-state index in [0.717, 1.165) is 13.8 Å². The van der Waals surface area contributed by atoms with Crippen molar-refractivity contribution in [3.63, 3.8) is 0 Å². The van der Waals surface area contributed by atoms with E-state index >= 15 is 0 Å². The molecule has 0 aliphatic heterocycles. The predicted octanol–water partition coefficient (Wildman–Crippen LogP) is 1.81. The molecule has 0 aliphatic carbocycles. The number of carbonyl (C=O) groups excluding carboxylic acids is 1. The van der Waals surface area contributed by atoms with Crippen LogP contribution >= 0.6 is 0 Å². The van der Waals surface area contributed by atoms with Gasteiger partial charge < -0.3 is 15.6 Å². The van der Waals surface area contributed by atoms with Crippen LogP contribution in [0.25, 0.3) is 0 Å². The molecule has 1 heterocycles. The van der Waals surface area contributed by atoms with Gasteiger partial charge in [-0.2, -0.15) is 12.7 Å². The maximum atomic E-state index is 12.8. The van der Waals surface area contributed by atoms with Crippen LogP contribution in [0.1, 0.15) is 22.5 Å². The number of imidazole rings is 1. The van der Waals surface area contributed by atoms with Gasteiger partial charge in [0.25, 0.3) is 0 Å². The number of aromatic nitrogens is 2. The summed E-state index contributed by atoms with van der Waals surface area (Å²) in [6.07, 6.45) is 1.90. The van der Waals surface area contributed by atoms with Crippen molar-refractivity contribution in [3.8, 4) is 0 Å². The normalized spacial score (nSPS) is 13.6. The number of amides is 1. The number of aliphatic hydroxyl groups is 1. The van der Waals surface area contributed by atoms with Crippen molar-refractivity contribution in [1.29, 1.82) is 0 Å². The maximum absolute atomic E-state index is 12.8. The Labute approximate surface area is 187 Å². The van der Waals surface area contributed by atoms with Gasteiger partial charge in [-0.3, -0.25) is 0 Å². The molecule has 3 aromatic rings. The van der Waals surface area contributed by atoms with Crippen molar-refractivity contribution in [2.75, 3.05) is 14.1 Å². The summed E-state index contributed by atoms with van der Waals surface area (Å²) in [7, 11) is -1.01. The zero-order valence-corrected chi connectivity index (χ0v) is 18.7. The van der Waals surface area contributed by atoms with Crippen LogP contribution in [-0.4, -0.2) is 47.0 Å². The molecule has 10 heteroatoms. The second kappa shape index (κ2) is 9.51. The van der Waals surface area contributed by atoms with Gasteiger partial charge >= 0.3 is 16.3 Å². The number of hydrogen-bond acceptors (Lipinski definition) is 6. The molecule has 0 spiro atoms. The lowest BCUT2D eigenvalue weighted by Gasteiger charge is -2.34. The van der Waals surface area contributed by atoms with E-state index in [1.54, 1.807) is 24.3 Å². The Morgan fingerprint density at radius 1 is 1.09 bits per heavy atom. The second-order valence-electron chi connectivity index (χ2n) is 7.54. The summed E-state index contributed by atoms with van der Waals surface area (Å²) in [5.74, 6) is 0.183. The molecule has 1 aromatic heterocycles. The fourth-order valence-corrected chi connectivity index (χ4v) is 4.46. The largest absolute Gasteiger partial charge is 0.437 e. The molecule has 1 unspecified atom stereocenters. The Bertz CT molecular complexity index is 1160. The van der Waals surface area contributed by atoms with Gasteiger partial charge in [-0.05, 0) is 16.7 Å².